The molecule has 16 heavy (non-hydrogen) atoms. The third-order valence-corrected chi connectivity index (χ3v) is 3.08. The Bertz CT molecular complexity index is 372. The summed E-state index contributed by atoms with van der Waals surface area (Å²) in [6.45, 7) is 2.68. The smallest absolute Gasteiger partial charge is 0.164 e. The highest BCUT2D eigenvalue weighted by atomic mass is 35.5. The van der Waals surface area contributed by atoms with Gasteiger partial charge in [0.1, 0.15) is 0 Å². The second-order valence-electron chi connectivity index (χ2n) is 4.13. The predicted octanol–water partition coefficient (Wildman–Crippen LogP) is 3.46. The first-order chi connectivity index (χ1) is 7.66. The summed E-state index contributed by atoms with van der Waals surface area (Å²) < 4.78 is 19.2. The van der Waals surface area contributed by atoms with Crippen molar-refractivity contribution >= 4 is 17.3 Å². The summed E-state index contributed by atoms with van der Waals surface area (Å²) in [7, 11) is 0. The Kier molecular flexibility index (Phi) is 3.66. The van der Waals surface area contributed by atoms with Gasteiger partial charge in [0.25, 0.3) is 0 Å². The highest BCUT2D eigenvalue weighted by molar-refractivity contribution is 6.31. The zero-order valence-corrected chi connectivity index (χ0v) is 9.93. The van der Waals surface area contributed by atoms with E-state index in [1.165, 1.54) is 6.07 Å². The fraction of sp³-hybridized carbons (Fsp3) is 0.500. The van der Waals surface area contributed by atoms with Gasteiger partial charge in [-0.25, -0.2) is 4.39 Å². The first-order valence-electron chi connectivity index (χ1n) is 5.50. The first-order valence-corrected chi connectivity index (χ1v) is 5.88. The van der Waals surface area contributed by atoms with E-state index in [-0.39, 0.29) is 11.1 Å². The van der Waals surface area contributed by atoms with Crippen LogP contribution >= 0.6 is 11.6 Å². The molecule has 1 N–H and O–H groups in total. The largest absolute Gasteiger partial charge is 0.380 e. The number of ether oxygens (including phenoxy) is 1. The van der Waals surface area contributed by atoms with Crippen molar-refractivity contribution in [3.63, 3.8) is 0 Å². The van der Waals surface area contributed by atoms with Crippen molar-refractivity contribution < 1.29 is 9.13 Å². The molecule has 1 aromatic carbocycles. The average Bonchev–Trinajstić information content (AvgIpc) is 2.67. The van der Waals surface area contributed by atoms with Gasteiger partial charge in [-0.1, -0.05) is 17.7 Å². The Hall–Kier alpha value is -0.800. The molecular weight excluding hydrogens is 229 g/mol. The summed E-state index contributed by atoms with van der Waals surface area (Å²) in [4.78, 5) is 0. The van der Waals surface area contributed by atoms with Gasteiger partial charge in [0.15, 0.2) is 5.82 Å². The second kappa shape index (κ2) is 5.02. The van der Waals surface area contributed by atoms with E-state index in [2.05, 4.69) is 12.2 Å². The molecular formula is C12H15ClFNO. The maximum atomic E-state index is 13.5. The molecule has 4 heteroatoms. The molecule has 0 aliphatic carbocycles. The van der Waals surface area contributed by atoms with E-state index < -0.39 is 5.82 Å². The lowest BCUT2D eigenvalue weighted by molar-refractivity contribution is 0.0636. The molecule has 2 atom stereocenters. The van der Waals surface area contributed by atoms with Crippen LogP contribution in [0.2, 0.25) is 5.02 Å². The van der Waals surface area contributed by atoms with Crippen molar-refractivity contribution in [2.75, 3.05) is 11.9 Å². The monoisotopic (exact) mass is 243 g/mol. The number of benzene rings is 1. The highest BCUT2D eigenvalue weighted by Crippen LogP contribution is 2.24. The lowest BCUT2D eigenvalue weighted by atomic mass is 10.2. The average molecular weight is 244 g/mol. The van der Waals surface area contributed by atoms with E-state index >= 15 is 0 Å². The lowest BCUT2D eigenvalue weighted by Crippen LogP contribution is -2.20. The first kappa shape index (κ1) is 11.7. The van der Waals surface area contributed by atoms with Crippen LogP contribution in [0.1, 0.15) is 19.8 Å². The van der Waals surface area contributed by atoms with E-state index in [4.69, 9.17) is 16.3 Å². The molecule has 1 aliphatic heterocycles. The minimum atomic E-state index is -0.393. The molecule has 0 aromatic heterocycles. The second-order valence-corrected chi connectivity index (χ2v) is 4.54. The normalized spacial score (nSPS) is 24.7. The molecule has 0 spiro atoms. The Morgan fingerprint density at radius 3 is 3.00 bits per heavy atom. The Balaban J connectivity index is 1.92. The summed E-state index contributed by atoms with van der Waals surface area (Å²) in [5, 5.41) is 3.18. The third kappa shape index (κ3) is 2.66. The van der Waals surface area contributed by atoms with E-state index in [9.17, 15) is 4.39 Å². The zero-order valence-electron chi connectivity index (χ0n) is 9.17. The van der Waals surface area contributed by atoms with Crippen molar-refractivity contribution in [2.24, 2.45) is 0 Å². The van der Waals surface area contributed by atoms with Crippen molar-refractivity contribution in [1.29, 1.82) is 0 Å². The molecule has 88 valence electrons. The van der Waals surface area contributed by atoms with Gasteiger partial charge < -0.3 is 10.1 Å². The van der Waals surface area contributed by atoms with Crippen molar-refractivity contribution in [3.8, 4) is 0 Å². The highest BCUT2D eigenvalue weighted by Gasteiger charge is 2.21. The number of anilines is 1. The van der Waals surface area contributed by atoms with Crippen LogP contribution < -0.4 is 5.32 Å². The van der Waals surface area contributed by atoms with Crippen LogP contribution in [0, 0.1) is 5.82 Å². The lowest BCUT2D eigenvalue weighted by Gasteiger charge is -2.13. The molecule has 2 nitrogen and oxygen atoms in total. The molecule has 0 radical (unpaired) electrons. The number of nitrogens with one attached hydrogen (secondary N) is 1. The van der Waals surface area contributed by atoms with Crippen molar-refractivity contribution in [2.45, 2.75) is 32.0 Å². The van der Waals surface area contributed by atoms with Gasteiger partial charge in [-0.05, 0) is 31.9 Å². The van der Waals surface area contributed by atoms with Crippen LogP contribution in [0.3, 0.4) is 0 Å². The Morgan fingerprint density at radius 1 is 1.50 bits per heavy atom. The number of halogens is 2. The van der Waals surface area contributed by atoms with Gasteiger partial charge in [0.2, 0.25) is 0 Å². The fourth-order valence-electron chi connectivity index (χ4n) is 1.90. The van der Waals surface area contributed by atoms with E-state index in [1.807, 2.05) is 0 Å². The van der Waals surface area contributed by atoms with Crippen LogP contribution in [0.5, 0.6) is 0 Å². The van der Waals surface area contributed by atoms with Gasteiger partial charge in [0.05, 0.1) is 22.9 Å². The van der Waals surface area contributed by atoms with Crippen LogP contribution in [-0.4, -0.2) is 18.8 Å². The van der Waals surface area contributed by atoms with E-state index in [1.54, 1.807) is 12.1 Å². The Labute approximate surface area is 99.7 Å². The fourth-order valence-corrected chi connectivity index (χ4v) is 2.07. The maximum Gasteiger partial charge on any atom is 0.164 e. The SMILES string of the molecule is CC1CCC(CNc2cccc(Cl)c2F)O1. The number of hydrogen-bond donors (Lipinski definition) is 1. The van der Waals surface area contributed by atoms with Crippen LogP contribution in [0.4, 0.5) is 10.1 Å². The molecule has 0 saturated carbocycles. The summed E-state index contributed by atoms with van der Waals surface area (Å²) in [5.74, 6) is -0.393. The van der Waals surface area contributed by atoms with E-state index in [0.29, 0.717) is 18.3 Å². The molecule has 1 fully saturated rings. The van der Waals surface area contributed by atoms with Gasteiger partial charge in [-0.2, -0.15) is 0 Å². The minimum absolute atomic E-state index is 0.144. The van der Waals surface area contributed by atoms with Gasteiger partial charge in [-0.15, -0.1) is 0 Å². The van der Waals surface area contributed by atoms with Crippen LogP contribution in [0.15, 0.2) is 18.2 Å². The van der Waals surface area contributed by atoms with Crippen molar-refractivity contribution in [3.05, 3.63) is 29.0 Å². The molecule has 0 amide bonds. The van der Waals surface area contributed by atoms with E-state index in [0.717, 1.165) is 12.8 Å². The third-order valence-electron chi connectivity index (χ3n) is 2.79. The van der Waals surface area contributed by atoms with Gasteiger partial charge in [-0.3, -0.25) is 0 Å². The molecule has 0 bridgehead atoms. The molecule has 1 heterocycles. The predicted molar refractivity (Wildman–Crippen MR) is 63.5 cm³/mol. The summed E-state index contributed by atoms with van der Waals surface area (Å²) in [5.41, 5.74) is 0.440. The van der Waals surface area contributed by atoms with Crippen LogP contribution in [0.25, 0.3) is 0 Å². The molecule has 1 aliphatic rings. The van der Waals surface area contributed by atoms with Crippen LogP contribution in [-0.2, 0) is 4.74 Å². The van der Waals surface area contributed by atoms with Crippen molar-refractivity contribution in [1.82, 2.24) is 0 Å². The molecule has 1 saturated heterocycles. The summed E-state index contributed by atoms with van der Waals surface area (Å²) >= 11 is 5.69. The molecule has 2 unspecified atom stereocenters. The quantitative estimate of drug-likeness (QED) is 0.878. The summed E-state index contributed by atoms with van der Waals surface area (Å²) in [6, 6.07) is 4.95. The van der Waals surface area contributed by atoms with Gasteiger partial charge >= 0.3 is 0 Å². The molecule has 2 rings (SSSR count). The van der Waals surface area contributed by atoms with Gasteiger partial charge in [0, 0.05) is 6.54 Å². The maximum absolute atomic E-state index is 13.5. The standard InChI is InChI=1S/C12H15ClFNO/c1-8-5-6-9(16-8)7-15-11-4-2-3-10(13)12(11)14/h2-4,8-9,15H,5-7H2,1H3. The molecule has 1 aromatic rings. The summed E-state index contributed by atoms with van der Waals surface area (Å²) in [6.07, 6.45) is 2.59. The Morgan fingerprint density at radius 2 is 2.31 bits per heavy atom. The number of hydrogen-bond acceptors (Lipinski definition) is 2. The minimum Gasteiger partial charge on any atom is -0.380 e. The number of rotatable bonds is 3. The zero-order chi connectivity index (χ0) is 11.5. The topological polar surface area (TPSA) is 21.3 Å².